The van der Waals surface area contributed by atoms with Crippen molar-refractivity contribution in [3.05, 3.63) is 101 Å². The average molecular weight is 406 g/mol. The van der Waals surface area contributed by atoms with Crippen molar-refractivity contribution in [3.8, 4) is 16.8 Å². The number of benzene rings is 3. The van der Waals surface area contributed by atoms with Crippen molar-refractivity contribution in [3.63, 3.8) is 0 Å². The Hall–Kier alpha value is -3.66. The number of carbonyl (C=O) groups excluding carboxylic acids is 1. The number of aromatic nitrogens is 2. The van der Waals surface area contributed by atoms with Crippen LogP contribution in [0.4, 0.5) is 5.69 Å². The molecule has 3 aromatic carbocycles. The zero-order valence-corrected chi connectivity index (χ0v) is 17.3. The Morgan fingerprint density at radius 1 is 0.903 bits per heavy atom. The lowest BCUT2D eigenvalue weighted by Gasteiger charge is -2.15. The van der Waals surface area contributed by atoms with Gasteiger partial charge in [-0.1, -0.05) is 42.5 Å². The molecule has 1 heterocycles. The van der Waals surface area contributed by atoms with Gasteiger partial charge in [0.25, 0.3) is 5.91 Å². The number of nitrogens with one attached hydrogen (secondary N) is 1. The van der Waals surface area contributed by atoms with E-state index in [-0.39, 0.29) is 5.91 Å². The van der Waals surface area contributed by atoms with E-state index in [1.165, 1.54) is 40.9 Å². The largest absolute Gasteiger partial charge is 0.322 e. The SMILES string of the molecule is O=C(Nc1cccc(-n2cnc3c2CCCC3)c1)c1cccc2c1Cc1ccccc1-2. The zero-order chi connectivity index (χ0) is 20.8. The van der Waals surface area contributed by atoms with Gasteiger partial charge in [0.05, 0.1) is 12.0 Å². The molecule has 2 aliphatic carbocycles. The van der Waals surface area contributed by atoms with Crippen LogP contribution in [-0.4, -0.2) is 15.5 Å². The van der Waals surface area contributed by atoms with Gasteiger partial charge in [0.15, 0.2) is 0 Å². The first kappa shape index (κ1) is 18.1. The maximum absolute atomic E-state index is 13.2. The molecule has 4 aromatic rings. The number of anilines is 1. The van der Waals surface area contributed by atoms with Gasteiger partial charge in [-0.3, -0.25) is 4.79 Å². The van der Waals surface area contributed by atoms with E-state index in [9.17, 15) is 4.79 Å². The molecule has 1 aromatic heterocycles. The third-order valence-corrected chi connectivity index (χ3v) is 6.51. The highest BCUT2D eigenvalue weighted by molar-refractivity contribution is 6.07. The number of hydrogen-bond acceptors (Lipinski definition) is 2. The van der Waals surface area contributed by atoms with Crippen molar-refractivity contribution in [1.29, 1.82) is 0 Å². The van der Waals surface area contributed by atoms with Gasteiger partial charge in [-0.05, 0) is 78.6 Å². The van der Waals surface area contributed by atoms with Crippen LogP contribution in [0.5, 0.6) is 0 Å². The third kappa shape index (κ3) is 3.07. The van der Waals surface area contributed by atoms with Gasteiger partial charge < -0.3 is 9.88 Å². The van der Waals surface area contributed by atoms with Crippen molar-refractivity contribution >= 4 is 11.6 Å². The fourth-order valence-corrected chi connectivity index (χ4v) is 4.99. The molecule has 1 N–H and O–H groups in total. The molecule has 152 valence electrons. The Kier molecular flexibility index (Phi) is 4.23. The molecule has 0 saturated heterocycles. The van der Waals surface area contributed by atoms with Gasteiger partial charge in [0, 0.05) is 22.6 Å². The van der Waals surface area contributed by atoms with Crippen LogP contribution < -0.4 is 5.32 Å². The van der Waals surface area contributed by atoms with Crippen LogP contribution in [0.3, 0.4) is 0 Å². The summed E-state index contributed by atoms with van der Waals surface area (Å²) < 4.78 is 2.17. The number of amides is 1. The highest BCUT2D eigenvalue weighted by Crippen LogP contribution is 2.38. The minimum Gasteiger partial charge on any atom is -0.322 e. The van der Waals surface area contributed by atoms with Crippen molar-refractivity contribution in [2.24, 2.45) is 0 Å². The van der Waals surface area contributed by atoms with Crippen LogP contribution >= 0.6 is 0 Å². The maximum Gasteiger partial charge on any atom is 0.255 e. The van der Waals surface area contributed by atoms with Crippen LogP contribution in [0.25, 0.3) is 16.8 Å². The highest BCUT2D eigenvalue weighted by atomic mass is 16.1. The summed E-state index contributed by atoms with van der Waals surface area (Å²) in [5.41, 5.74) is 9.90. The fraction of sp³-hybridized carbons (Fsp3) is 0.185. The fourth-order valence-electron chi connectivity index (χ4n) is 4.99. The summed E-state index contributed by atoms with van der Waals surface area (Å²) in [5, 5.41) is 3.12. The maximum atomic E-state index is 13.2. The first-order valence-corrected chi connectivity index (χ1v) is 10.9. The smallest absolute Gasteiger partial charge is 0.255 e. The molecule has 0 saturated carbocycles. The summed E-state index contributed by atoms with van der Waals surface area (Å²) in [5.74, 6) is -0.0607. The number of carbonyl (C=O) groups is 1. The van der Waals surface area contributed by atoms with Crippen LogP contribution in [0.1, 0.15) is 45.7 Å². The van der Waals surface area contributed by atoms with E-state index in [4.69, 9.17) is 0 Å². The summed E-state index contributed by atoms with van der Waals surface area (Å²) in [4.78, 5) is 17.8. The molecule has 4 nitrogen and oxygen atoms in total. The summed E-state index contributed by atoms with van der Waals surface area (Å²) >= 11 is 0. The van der Waals surface area contributed by atoms with E-state index in [1.54, 1.807) is 0 Å². The lowest BCUT2D eigenvalue weighted by atomic mass is 10.0. The molecule has 0 unspecified atom stereocenters. The molecule has 0 aliphatic heterocycles. The van der Waals surface area contributed by atoms with Gasteiger partial charge in [-0.15, -0.1) is 0 Å². The molecule has 0 bridgehead atoms. The van der Waals surface area contributed by atoms with Gasteiger partial charge >= 0.3 is 0 Å². The normalized spacial score (nSPS) is 13.9. The Morgan fingerprint density at radius 3 is 2.71 bits per heavy atom. The van der Waals surface area contributed by atoms with Gasteiger partial charge in [0.2, 0.25) is 0 Å². The summed E-state index contributed by atoms with van der Waals surface area (Å²) in [7, 11) is 0. The lowest BCUT2D eigenvalue weighted by molar-refractivity contribution is 0.102. The van der Waals surface area contributed by atoms with E-state index in [0.29, 0.717) is 0 Å². The molecule has 1 amide bonds. The Morgan fingerprint density at radius 2 is 1.74 bits per heavy atom. The van der Waals surface area contributed by atoms with Gasteiger partial charge in [-0.2, -0.15) is 0 Å². The molecule has 0 spiro atoms. The van der Waals surface area contributed by atoms with Crippen LogP contribution in [0, 0.1) is 0 Å². The summed E-state index contributed by atoms with van der Waals surface area (Å²) in [6.45, 7) is 0. The Labute approximate surface area is 181 Å². The molecule has 31 heavy (non-hydrogen) atoms. The Balaban J connectivity index is 1.30. The number of fused-ring (bicyclic) bond motifs is 4. The van der Waals surface area contributed by atoms with Crippen LogP contribution in [0.15, 0.2) is 73.1 Å². The monoisotopic (exact) mass is 405 g/mol. The number of nitrogens with zero attached hydrogens (tertiary/aromatic N) is 2. The molecule has 0 radical (unpaired) electrons. The predicted molar refractivity (Wildman–Crippen MR) is 123 cm³/mol. The molecule has 0 atom stereocenters. The number of imidazole rings is 1. The molecular weight excluding hydrogens is 382 g/mol. The van der Waals surface area contributed by atoms with Crippen LogP contribution in [-0.2, 0) is 19.3 Å². The van der Waals surface area contributed by atoms with Crippen molar-refractivity contribution in [2.45, 2.75) is 32.1 Å². The molecule has 2 aliphatic rings. The first-order valence-electron chi connectivity index (χ1n) is 10.9. The molecular formula is C27H23N3O. The first-order chi connectivity index (χ1) is 15.3. The zero-order valence-electron chi connectivity index (χ0n) is 17.3. The number of rotatable bonds is 3. The van der Waals surface area contributed by atoms with E-state index < -0.39 is 0 Å². The quantitative estimate of drug-likeness (QED) is 0.426. The predicted octanol–water partition coefficient (Wildman–Crippen LogP) is 5.57. The van der Waals surface area contributed by atoms with E-state index in [1.807, 2.05) is 36.7 Å². The van der Waals surface area contributed by atoms with Crippen molar-refractivity contribution in [2.75, 3.05) is 5.32 Å². The van der Waals surface area contributed by atoms with Gasteiger partial charge in [-0.25, -0.2) is 4.98 Å². The molecule has 6 rings (SSSR count). The summed E-state index contributed by atoms with van der Waals surface area (Å²) in [6.07, 6.45) is 7.25. The second kappa shape index (κ2) is 7.24. The second-order valence-electron chi connectivity index (χ2n) is 8.39. The van der Waals surface area contributed by atoms with Gasteiger partial charge in [0.1, 0.15) is 0 Å². The minimum absolute atomic E-state index is 0.0607. The third-order valence-electron chi connectivity index (χ3n) is 6.51. The number of hydrogen-bond donors (Lipinski definition) is 1. The Bertz CT molecular complexity index is 1320. The topological polar surface area (TPSA) is 46.9 Å². The lowest BCUT2D eigenvalue weighted by Crippen LogP contribution is -2.14. The van der Waals surface area contributed by atoms with E-state index >= 15 is 0 Å². The van der Waals surface area contributed by atoms with E-state index in [0.717, 1.165) is 41.8 Å². The molecule has 0 fully saturated rings. The van der Waals surface area contributed by atoms with Crippen molar-refractivity contribution in [1.82, 2.24) is 9.55 Å². The molecule has 4 heteroatoms. The highest BCUT2D eigenvalue weighted by Gasteiger charge is 2.23. The van der Waals surface area contributed by atoms with Crippen LogP contribution in [0.2, 0.25) is 0 Å². The second-order valence-corrected chi connectivity index (χ2v) is 8.39. The summed E-state index contributed by atoms with van der Waals surface area (Å²) in [6, 6.07) is 22.5. The van der Waals surface area contributed by atoms with E-state index in [2.05, 4.69) is 51.3 Å². The number of aryl methyl sites for hydroxylation is 1. The van der Waals surface area contributed by atoms with Crippen molar-refractivity contribution < 1.29 is 4.79 Å². The standard InChI is InChI=1S/C27H23N3O/c31-27(23-12-6-11-22-21-10-2-1-7-18(21)15-24(22)23)29-19-8-5-9-20(16-19)30-17-28-25-13-3-4-14-26(25)30/h1-2,5-12,16-17H,3-4,13-15H2,(H,29,31). The average Bonchev–Trinajstić information content (AvgIpc) is 3.41. The minimum atomic E-state index is -0.0607.